The monoisotopic (exact) mass is 355 g/mol. The second kappa shape index (κ2) is 6.93. The standard InChI is InChI=1S/C18H18FN5S/c1-25-18-20-8-12(9-21-18)10-24-6-5-16-15(11-24)17(23-22-16)13-3-2-4-14(19)7-13/h2-4,7-9H,5-6,10-11H2,1H3,(H,22,23). The van der Waals surface area contributed by atoms with Crippen molar-refractivity contribution in [3.63, 3.8) is 0 Å². The topological polar surface area (TPSA) is 57.7 Å². The van der Waals surface area contributed by atoms with Crippen LogP contribution < -0.4 is 0 Å². The lowest BCUT2D eigenvalue weighted by Crippen LogP contribution is -2.30. The van der Waals surface area contributed by atoms with Gasteiger partial charge in [-0.3, -0.25) is 10.00 Å². The molecule has 0 aliphatic carbocycles. The van der Waals surface area contributed by atoms with Crippen LogP contribution in [-0.2, 0) is 19.5 Å². The fourth-order valence-corrected chi connectivity index (χ4v) is 3.46. The molecule has 2 aromatic heterocycles. The first-order valence-electron chi connectivity index (χ1n) is 8.12. The SMILES string of the molecule is CSc1ncc(CN2CCc3[nH]nc(-c4cccc(F)c4)c3C2)cn1. The maximum atomic E-state index is 13.6. The van der Waals surface area contributed by atoms with Gasteiger partial charge >= 0.3 is 0 Å². The Hall–Kier alpha value is -2.25. The summed E-state index contributed by atoms with van der Waals surface area (Å²) >= 11 is 1.54. The van der Waals surface area contributed by atoms with Crippen molar-refractivity contribution in [1.82, 2.24) is 25.1 Å². The Morgan fingerprint density at radius 3 is 2.88 bits per heavy atom. The molecule has 25 heavy (non-hydrogen) atoms. The summed E-state index contributed by atoms with van der Waals surface area (Å²) in [7, 11) is 0. The minimum atomic E-state index is -0.243. The van der Waals surface area contributed by atoms with E-state index in [0.29, 0.717) is 0 Å². The van der Waals surface area contributed by atoms with E-state index in [1.807, 2.05) is 24.7 Å². The Balaban J connectivity index is 1.55. The van der Waals surface area contributed by atoms with Gasteiger partial charge < -0.3 is 0 Å². The number of rotatable bonds is 4. The van der Waals surface area contributed by atoms with Gasteiger partial charge in [0.05, 0.1) is 5.69 Å². The first-order valence-corrected chi connectivity index (χ1v) is 9.34. The third-order valence-electron chi connectivity index (χ3n) is 4.38. The number of nitrogens with one attached hydrogen (secondary N) is 1. The molecule has 0 spiro atoms. The number of aromatic amines is 1. The normalized spacial score (nSPS) is 14.5. The maximum absolute atomic E-state index is 13.6. The molecule has 1 aliphatic rings. The average molecular weight is 355 g/mol. The minimum Gasteiger partial charge on any atom is -0.294 e. The van der Waals surface area contributed by atoms with E-state index < -0.39 is 0 Å². The molecule has 4 rings (SSSR count). The van der Waals surface area contributed by atoms with Crippen LogP contribution in [0.5, 0.6) is 0 Å². The summed E-state index contributed by atoms with van der Waals surface area (Å²) in [6.07, 6.45) is 6.64. The third-order valence-corrected chi connectivity index (χ3v) is 4.96. The van der Waals surface area contributed by atoms with Crippen LogP contribution in [0.25, 0.3) is 11.3 Å². The van der Waals surface area contributed by atoms with Crippen molar-refractivity contribution in [2.75, 3.05) is 12.8 Å². The van der Waals surface area contributed by atoms with Gasteiger partial charge in [0.25, 0.3) is 0 Å². The number of fused-ring (bicyclic) bond motifs is 1. The second-order valence-electron chi connectivity index (χ2n) is 6.08. The molecule has 0 atom stereocenters. The summed E-state index contributed by atoms with van der Waals surface area (Å²) in [5, 5.41) is 8.33. The number of thioether (sulfide) groups is 1. The molecule has 1 N–H and O–H groups in total. The molecule has 0 bridgehead atoms. The van der Waals surface area contributed by atoms with Gasteiger partial charge in [0, 0.05) is 60.8 Å². The summed E-state index contributed by atoms with van der Waals surface area (Å²) < 4.78 is 13.6. The summed E-state index contributed by atoms with van der Waals surface area (Å²) in [4.78, 5) is 11.0. The lowest BCUT2D eigenvalue weighted by Gasteiger charge is -2.26. The van der Waals surface area contributed by atoms with Crippen molar-refractivity contribution in [1.29, 1.82) is 0 Å². The number of H-pyrrole nitrogens is 1. The van der Waals surface area contributed by atoms with Crippen LogP contribution in [0.2, 0.25) is 0 Å². The molecule has 0 saturated carbocycles. The minimum absolute atomic E-state index is 0.243. The highest BCUT2D eigenvalue weighted by Gasteiger charge is 2.23. The van der Waals surface area contributed by atoms with Gasteiger partial charge in [0.15, 0.2) is 5.16 Å². The molecule has 128 valence electrons. The zero-order valence-electron chi connectivity index (χ0n) is 13.9. The van der Waals surface area contributed by atoms with Gasteiger partial charge in [0.2, 0.25) is 0 Å². The van der Waals surface area contributed by atoms with Gasteiger partial charge in [-0.1, -0.05) is 23.9 Å². The zero-order valence-corrected chi connectivity index (χ0v) is 14.7. The van der Waals surface area contributed by atoms with Crippen molar-refractivity contribution < 1.29 is 4.39 Å². The highest BCUT2D eigenvalue weighted by Crippen LogP contribution is 2.29. The molecule has 1 aliphatic heterocycles. The van der Waals surface area contributed by atoms with Gasteiger partial charge in [-0.2, -0.15) is 5.10 Å². The predicted octanol–water partition coefficient (Wildman–Crippen LogP) is 3.29. The zero-order chi connectivity index (χ0) is 17.2. The largest absolute Gasteiger partial charge is 0.294 e. The molecular weight excluding hydrogens is 337 g/mol. The van der Waals surface area contributed by atoms with E-state index in [1.165, 1.54) is 23.9 Å². The molecule has 7 heteroatoms. The van der Waals surface area contributed by atoms with E-state index in [2.05, 4.69) is 25.1 Å². The number of benzene rings is 1. The molecule has 3 aromatic rings. The van der Waals surface area contributed by atoms with Crippen LogP contribution in [0.3, 0.4) is 0 Å². The molecular formula is C18H18FN5S. The van der Waals surface area contributed by atoms with Crippen LogP contribution in [0.4, 0.5) is 4.39 Å². The van der Waals surface area contributed by atoms with E-state index in [4.69, 9.17) is 0 Å². The fraction of sp³-hybridized carbons (Fsp3) is 0.278. The van der Waals surface area contributed by atoms with Crippen molar-refractivity contribution in [3.8, 4) is 11.3 Å². The summed E-state index contributed by atoms with van der Waals surface area (Å²) in [6.45, 7) is 2.52. The Bertz CT molecular complexity index is 877. The Morgan fingerprint density at radius 1 is 1.28 bits per heavy atom. The fourth-order valence-electron chi connectivity index (χ4n) is 3.15. The molecule has 0 fully saturated rings. The molecule has 1 aromatic carbocycles. The summed E-state index contributed by atoms with van der Waals surface area (Å²) in [5.41, 5.74) is 5.04. The second-order valence-corrected chi connectivity index (χ2v) is 6.85. The van der Waals surface area contributed by atoms with Crippen LogP contribution in [0.15, 0.2) is 41.8 Å². The van der Waals surface area contributed by atoms with E-state index in [9.17, 15) is 4.39 Å². The third kappa shape index (κ3) is 3.43. The predicted molar refractivity (Wildman–Crippen MR) is 95.6 cm³/mol. The molecule has 5 nitrogen and oxygen atoms in total. The lowest BCUT2D eigenvalue weighted by molar-refractivity contribution is 0.244. The Morgan fingerprint density at radius 2 is 2.12 bits per heavy atom. The van der Waals surface area contributed by atoms with E-state index in [-0.39, 0.29) is 5.82 Å². The highest BCUT2D eigenvalue weighted by molar-refractivity contribution is 7.98. The van der Waals surface area contributed by atoms with Gasteiger partial charge in [-0.05, 0) is 18.4 Å². The van der Waals surface area contributed by atoms with Crippen LogP contribution in [0.1, 0.15) is 16.8 Å². The summed E-state index contributed by atoms with van der Waals surface area (Å²) in [6, 6.07) is 6.60. The molecule has 0 radical (unpaired) electrons. The lowest BCUT2D eigenvalue weighted by atomic mass is 10.0. The Labute approximate surface area is 149 Å². The number of aromatic nitrogens is 4. The van der Waals surface area contributed by atoms with Gasteiger partial charge in [-0.15, -0.1) is 0 Å². The number of nitrogens with zero attached hydrogens (tertiary/aromatic N) is 4. The molecule has 0 saturated heterocycles. The molecule has 0 amide bonds. The quantitative estimate of drug-likeness (QED) is 0.575. The first kappa shape index (κ1) is 16.2. The first-order chi connectivity index (χ1) is 12.2. The van der Waals surface area contributed by atoms with E-state index >= 15 is 0 Å². The summed E-state index contributed by atoms with van der Waals surface area (Å²) in [5.74, 6) is -0.243. The highest BCUT2D eigenvalue weighted by atomic mass is 32.2. The van der Waals surface area contributed by atoms with Crippen molar-refractivity contribution in [3.05, 3.63) is 59.3 Å². The number of hydrogen-bond acceptors (Lipinski definition) is 5. The molecule has 3 heterocycles. The van der Waals surface area contributed by atoms with Gasteiger partial charge in [0.1, 0.15) is 5.82 Å². The smallest absolute Gasteiger partial charge is 0.187 e. The van der Waals surface area contributed by atoms with Crippen molar-refractivity contribution in [2.45, 2.75) is 24.7 Å². The van der Waals surface area contributed by atoms with Gasteiger partial charge in [-0.25, -0.2) is 14.4 Å². The van der Waals surface area contributed by atoms with Crippen LogP contribution in [0, 0.1) is 5.82 Å². The Kier molecular flexibility index (Phi) is 4.50. The van der Waals surface area contributed by atoms with Crippen molar-refractivity contribution >= 4 is 11.8 Å². The number of hydrogen-bond donors (Lipinski definition) is 1. The number of halogens is 1. The van der Waals surface area contributed by atoms with Crippen LogP contribution in [-0.4, -0.2) is 37.9 Å². The van der Waals surface area contributed by atoms with E-state index in [1.54, 1.807) is 6.07 Å². The van der Waals surface area contributed by atoms with Crippen molar-refractivity contribution in [2.24, 2.45) is 0 Å². The molecule has 0 unspecified atom stereocenters. The van der Waals surface area contributed by atoms with Crippen LogP contribution >= 0.6 is 11.8 Å². The maximum Gasteiger partial charge on any atom is 0.187 e. The van der Waals surface area contributed by atoms with E-state index in [0.717, 1.165) is 59.3 Å². The average Bonchev–Trinajstić information content (AvgIpc) is 3.06.